The lowest BCUT2D eigenvalue weighted by atomic mass is 10.0. The first-order chi connectivity index (χ1) is 19.1. The van der Waals surface area contributed by atoms with E-state index in [1.807, 2.05) is 0 Å². The minimum atomic E-state index is -4.94. The van der Waals surface area contributed by atoms with Crippen molar-refractivity contribution in [1.29, 1.82) is 0 Å². The number of amides is 3. The summed E-state index contributed by atoms with van der Waals surface area (Å²) in [5.41, 5.74) is 0.656. The predicted molar refractivity (Wildman–Crippen MR) is 149 cm³/mol. The third-order valence-electron chi connectivity index (χ3n) is 6.47. The highest BCUT2D eigenvalue weighted by molar-refractivity contribution is 7.89. The molecule has 0 radical (unpaired) electrons. The number of para-hydroxylation sites is 1. The van der Waals surface area contributed by atoms with Crippen LogP contribution in [0.2, 0.25) is 5.02 Å². The largest absolute Gasteiger partial charge is 0.491 e. The fourth-order valence-corrected chi connectivity index (χ4v) is 6.18. The average molecular weight is 621 g/mol. The highest BCUT2D eigenvalue weighted by Gasteiger charge is 2.41. The average Bonchev–Trinajstić information content (AvgIpc) is 2.87. The molecule has 0 spiro atoms. The van der Waals surface area contributed by atoms with Crippen molar-refractivity contribution in [2.24, 2.45) is 5.92 Å². The maximum absolute atomic E-state index is 13.5. The molecule has 0 aromatic heterocycles. The van der Waals surface area contributed by atoms with Gasteiger partial charge in [-0.25, -0.2) is 13.2 Å². The number of hydrogen-bond acceptors (Lipinski definition) is 6. The first-order valence-corrected chi connectivity index (χ1v) is 14.5. The van der Waals surface area contributed by atoms with E-state index in [9.17, 15) is 31.2 Å². The Morgan fingerprint density at radius 3 is 2.46 bits per heavy atom. The SMILES string of the molecule is CO[C@@H]1CN(C)C(=O)c2cc(NC(=O)Nc3ccccc3Cl)ccc2OC[C@@H](C)N(S(=O)(=O)CC(F)(F)F)C[C@H]1C. The minimum absolute atomic E-state index is 0.00211. The molecule has 10 nitrogen and oxygen atoms in total. The number of ether oxygens (including phenoxy) is 2. The van der Waals surface area contributed by atoms with Crippen LogP contribution < -0.4 is 15.4 Å². The van der Waals surface area contributed by atoms with Crippen molar-refractivity contribution >= 4 is 44.9 Å². The van der Waals surface area contributed by atoms with E-state index in [1.165, 1.54) is 44.2 Å². The number of likely N-dealkylation sites (N-methyl/N-ethyl adjacent to an activating group) is 1. The summed E-state index contributed by atoms with van der Waals surface area (Å²) in [5.74, 6) is -3.02. The Kier molecular flexibility index (Phi) is 10.5. The number of halogens is 4. The van der Waals surface area contributed by atoms with E-state index in [2.05, 4.69) is 10.6 Å². The lowest BCUT2D eigenvalue weighted by molar-refractivity contribution is -0.107. The molecule has 3 amide bonds. The van der Waals surface area contributed by atoms with E-state index in [0.717, 1.165) is 4.31 Å². The lowest BCUT2D eigenvalue weighted by Gasteiger charge is -2.35. The Morgan fingerprint density at radius 2 is 1.83 bits per heavy atom. The standard InChI is InChI=1S/C26H32ClF3N4O6S/c1-16-12-34(41(37,38)15-26(28,29)30)17(2)14-40-22-10-9-18(11-19(22)24(35)33(3)13-23(16)39-4)31-25(36)32-21-8-6-5-7-20(21)27/h5-11,16-17,23H,12-15H2,1-4H3,(H2,31,32,36)/t16-,17-,23-/m1/s1. The van der Waals surface area contributed by atoms with Crippen molar-refractivity contribution in [3.8, 4) is 5.75 Å². The fourth-order valence-electron chi connectivity index (χ4n) is 4.35. The van der Waals surface area contributed by atoms with Gasteiger partial charge in [0.05, 0.1) is 28.4 Å². The van der Waals surface area contributed by atoms with Crippen LogP contribution >= 0.6 is 11.6 Å². The van der Waals surface area contributed by atoms with Crippen LogP contribution in [0, 0.1) is 5.92 Å². The van der Waals surface area contributed by atoms with Crippen LogP contribution in [0.4, 0.5) is 29.3 Å². The number of methoxy groups -OCH3 is 1. The Labute approximate surface area is 241 Å². The summed E-state index contributed by atoms with van der Waals surface area (Å²) in [4.78, 5) is 27.4. The molecule has 15 heteroatoms. The summed E-state index contributed by atoms with van der Waals surface area (Å²) >= 11 is 6.09. The Morgan fingerprint density at radius 1 is 1.15 bits per heavy atom. The number of alkyl halides is 3. The van der Waals surface area contributed by atoms with Gasteiger partial charge >= 0.3 is 12.2 Å². The molecular weight excluding hydrogens is 589 g/mol. The molecule has 0 bridgehead atoms. The quantitative estimate of drug-likeness (QED) is 0.501. The first kappa shape index (κ1) is 32.4. The topological polar surface area (TPSA) is 117 Å². The van der Waals surface area contributed by atoms with Gasteiger partial charge in [0, 0.05) is 32.9 Å². The zero-order chi connectivity index (χ0) is 30.5. The number of nitrogens with one attached hydrogen (secondary N) is 2. The van der Waals surface area contributed by atoms with E-state index in [-0.39, 0.29) is 36.7 Å². The number of hydrogen-bond donors (Lipinski definition) is 2. The number of nitrogens with zero attached hydrogens (tertiary/aromatic N) is 2. The smallest absolute Gasteiger partial charge is 0.404 e. The molecule has 3 atom stereocenters. The molecule has 0 unspecified atom stereocenters. The number of carbonyl (C=O) groups excluding carboxylic acids is 2. The maximum Gasteiger partial charge on any atom is 0.404 e. The number of rotatable bonds is 5. The van der Waals surface area contributed by atoms with Crippen LogP contribution in [0.5, 0.6) is 5.75 Å². The maximum atomic E-state index is 13.5. The van der Waals surface area contributed by atoms with Crippen molar-refractivity contribution in [3.05, 3.63) is 53.1 Å². The Balaban J connectivity index is 1.94. The predicted octanol–water partition coefficient (Wildman–Crippen LogP) is 4.68. The van der Waals surface area contributed by atoms with Crippen LogP contribution in [0.25, 0.3) is 0 Å². The van der Waals surface area contributed by atoms with Crippen LogP contribution in [0.3, 0.4) is 0 Å². The number of carbonyl (C=O) groups is 2. The molecule has 41 heavy (non-hydrogen) atoms. The molecule has 0 saturated carbocycles. The monoisotopic (exact) mass is 620 g/mol. The van der Waals surface area contributed by atoms with E-state index >= 15 is 0 Å². The minimum Gasteiger partial charge on any atom is -0.491 e. The van der Waals surface area contributed by atoms with Crippen molar-refractivity contribution in [3.63, 3.8) is 0 Å². The van der Waals surface area contributed by atoms with Crippen molar-refractivity contribution in [1.82, 2.24) is 9.21 Å². The number of sulfonamides is 1. The fraction of sp³-hybridized carbons (Fsp3) is 0.462. The van der Waals surface area contributed by atoms with Crippen molar-refractivity contribution in [2.75, 3.05) is 50.2 Å². The third-order valence-corrected chi connectivity index (χ3v) is 8.72. The third kappa shape index (κ3) is 8.71. The normalized spacial score (nSPS) is 21.2. The molecule has 3 rings (SSSR count). The van der Waals surface area contributed by atoms with E-state index in [4.69, 9.17) is 21.1 Å². The van der Waals surface area contributed by atoms with Crippen LogP contribution in [-0.2, 0) is 14.8 Å². The molecule has 2 aromatic carbocycles. The summed E-state index contributed by atoms with van der Waals surface area (Å²) in [6.45, 7) is 2.44. The van der Waals surface area contributed by atoms with Crippen LogP contribution in [-0.4, -0.2) is 87.5 Å². The van der Waals surface area contributed by atoms with E-state index in [0.29, 0.717) is 10.7 Å². The van der Waals surface area contributed by atoms with Gasteiger partial charge in [-0.2, -0.15) is 17.5 Å². The molecule has 1 heterocycles. The zero-order valence-electron chi connectivity index (χ0n) is 22.9. The molecule has 2 N–H and O–H groups in total. The number of benzene rings is 2. The number of fused-ring (bicyclic) bond motifs is 1. The van der Waals surface area contributed by atoms with Crippen LogP contribution in [0.1, 0.15) is 24.2 Å². The summed E-state index contributed by atoms with van der Waals surface area (Å²) in [7, 11) is -1.89. The molecule has 1 aliphatic heterocycles. The van der Waals surface area contributed by atoms with Gasteiger partial charge in [-0.3, -0.25) is 4.79 Å². The molecule has 226 valence electrons. The highest BCUT2D eigenvalue weighted by atomic mass is 35.5. The summed E-state index contributed by atoms with van der Waals surface area (Å²) < 4.78 is 77.1. The van der Waals surface area contributed by atoms with Gasteiger partial charge in [0.2, 0.25) is 10.0 Å². The van der Waals surface area contributed by atoms with Crippen LogP contribution in [0.15, 0.2) is 42.5 Å². The Bertz CT molecular complexity index is 1360. The first-order valence-electron chi connectivity index (χ1n) is 12.5. The highest BCUT2D eigenvalue weighted by Crippen LogP contribution is 2.29. The number of anilines is 2. The van der Waals surface area contributed by atoms with Gasteiger partial charge in [0.25, 0.3) is 5.91 Å². The van der Waals surface area contributed by atoms with E-state index in [1.54, 1.807) is 31.2 Å². The molecule has 0 aliphatic carbocycles. The summed E-state index contributed by atoms with van der Waals surface area (Å²) in [6.07, 6.45) is -5.64. The Hall–Kier alpha value is -3.07. The zero-order valence-corrected chi connectivity index (χ0v) is 24.4. The molecule has 0 fully saturated rings. The van der Waals surface area contributed by atoms with Crippen molar-refractivity contribution < 1.29 is 40.7 Å². The summed E-state index contributed by atoms with van der Waals surface area (Å²) in [5, 5.41) is 5.55. The van der Waals surface area contributed by atoms with E-state index < -0.39 is 52.0 Å². The lowest BCUT2D eigenvalue weighted by Crippen LogP contribution is -2.50. The van der Waals surface area contributed by atoms with Gasteiger partial charge in [-0.05, 0) is 43.2 Å². The van der Waals surface area contributed by atoms with Gasteiger partial charge in [0.1, 0.15) is 12.4 Å². The second kappa shape index (κ2) is 13.3. The molecular formula is C26H32ClF3N4O6S. The van der Waals surface area contributed by atoms with Gasteiger partial charge in [0.15, 0.2) is 5.75 Å². The number of urea groups is 1. The van der Waals surface area contributed by atoms with Gasteiger partial charge in [-0.1, -0.05) is 30.7 Å². The molecule has 1 aliphatic rings. The molecule has 2 aromatic rings. The molecule has 0 saturated heterocycles. The van der Waals surface area contributed by atoms with Crippen molar-refractivity contribution in [2.45, 2.75) is 32.2 Å². The van der Waals surface area contributed by atoms with Gasteiger partial charge < -0.3 is 25.0 Å². The second-order valence-electron chi connectivity index (χ2n) is 9.81. The van der Waals surface area contributed by atoms with Gasteiger partial charge in [-0.15, -0.1) is 0 Å². The second-order valence-corrected chi connectivity index (χ2v) is 12.1. The summed E-state index contributed by atoms with van der Waals surface area (Å²) in [6, 6.07) is 9.25.